The molecule has 5 N–H and O–H groups in total. The van der Waals surface area contributed by atoms with Crippen molar-refractivity contribution in [1.29, 1.82) is 0 Å². The number of nitrogens with two attached hydrogens (primary N) is 2. The summed E-state index contributed by atoms with van der Waals surface area (Å²) in [5.41, 5.74) is 11.8. The first-order valence-electron chi connectivity index (χ1n) is 8.01. The van der Waals surface area contributed by atoms with E-state index in [1.165, 1.54) is 12.3 Å². The number of hydrogen-bond donors (Lipinski definition) is 2. The molecule has 27 heavy (non-hydrogen) atoms. The molecule has 0 saturated carbocycles. The van der Waals surface area contributed by atoms with Crippen molar-refractivity contribution in [3.05, 3.63) is 77.5 Å². The molecule has 2 aromatic carbocycles. The van der Waals surface area contributed by atoms with Gasteiger partial charge in [-0.15, -0.1) is 4.98 Å². The van der Waals surface area contributed by atoms with Crippen molar-refractivity contribution in [3.63, 3.8) is 0 Å². The molecule has 1 aromatic heterocycles. The number of aryl methyl sites for hydroxylation is 1. The first-order chi connectivity index (χ1) is 12.8. The molecule has 0 aliphatic heterocycles. The number of rotatable bonds is 4. The smallest absolute Gasteiger partial charge is 0.359 e. The lowest BCUT2D eigenvalue weighted by Crippen LogP contribution is -2.29. The van der Waals surface area contributed by atoms with Gasteiger partial charge in [-0.1, -0.05) is 11.1 Å². The van der Waals surface area contributed by atoms with Gasteiger partial charge in [0.1, 0.15) is 5.82 Å². The quantitative estimate of drug-likeness (QED) is 0.545. The van der Waals surface area contributed by atoms with Gasteiger partial charge in [-0.3, -0.25) is 0 Å². The number of nitrogens with zero attached hydrogens (tertiary/aromatic N) is 2. The summed E-state index contributed by atoms with van der Waals surface area (Å²) < 4.78 is 43.1. The monoisotopic (exact) mass is 372 g/mol. The third-order valence-corrected chi connectivity index (χ3v) is 3.89. The van der Waals surface area contributed by atoms with E-state index in [1.807, 2.05) is 13.0 Å². The third kappa shape index (κ3) is 3.74. The first kappa shape index (κ1) is 18.4. The Balaban J connectivity index is 2.24. The molecule has 0 spiro atoms. The number of fused-ring (bicyclic) bond motifs is 1. The van der Waals surface area contributed by atoms with Crippen LogP contribution in [-0.2, 0) is 5.92 Å². The highest BCUT2D eigenvalue weighted by Crippen LogP contribution is 2.34. The number of nitrogens with one attached hydrogen (secondary N) is 1. The largest absolute Gasteiger partial charge is 0.404 e. The van der Waals surface area contributed by atoms with E-state index in [9.17, 15) is 13.2 Å². The molecule has 0 unspecified atom stereocenters. The second-order valence-corrected chi connectivity index (χ2v) is 5.93. The molecular weight excluding hydrogens is 355 g/mol. The van der Waals surface area contributed by atoms with Crippen LogP contribution in [0.15, 0.2) is 59.7 Å². The summed E-state index contributed by atoms with van der Waals surface area (Å²) >= 11 is 0. The molecule has 8 heteroatoms. The highest BCUT2D eigenvalue weighted by molar-refractivity contribution is 5.96. The molecule has 5 nitrogen and oxygen atoms in total. The zero-order valence-electron chi connectivity index (χ0n) is 14.4. The number of aliphatic imine (C=N–C) groups is 1. The minimum absolute atomic E-state index is 0.0397. The SMILES string of the molecule is Cc1ccc2c(N=C(N)/C=C\N)[nH+]c(C(F)(F)c3ccc(F)cc3)nc2c1. The van der Waals surface area contributed by atoms with Gasteiger partial charge in [0.25, 0.3) is 5.82 Å². The molecule has 138 valence electrons. The number of H-pyrrole nitrogens is 1. The Morgan fingerprint density at radius 2 is 1.89 bits per heavy atom. The van der Waals surface area contributed by atoms with Crippen LogP contribution in [-0.4, -0.2) is 10.8 Å². The fourth-order valence-electron chi connectivity index (χ4n) is 2.56. The summed E-state index contributed by atoms with van der Waals surface area (Å²) in [7, 11) is 0. The summed E-state index contributed by atoms with van der Waals surface area (Å²) in [5.74, 6) is -4.57. The van der Waals surface area contributed by atoms with E-state index in [4.69, 9.17) is 11.5 Å². The van der Waals surface area contributed by atoms with Crippen LogP contribution >= 0.6 is 0 Å². The van der Waals surface area contributed by atoms with Crippen molar-refractivity contribution in [2.75, 3.05) is 0 Å². The molecule has 0 saturated heterocycles. The predicted octanol–water partition coefficient (Wildman–Crippen LogP) is 3.10. The predicted molar refractivity (Wildman–Crippen MR) is 97.0 cm³/mol. The number of alkyl halides is 2. The number of amidine groups is 1. The highest BCUT2D eigenvalue weighted by Gasteiger charge is 2.42. The van der Waals surface area contributed by atoms with Crippen LogP contribution in [0.3, 0.4) is 0 Å². The molecule has 1 heterocycles. The van der Waals surface area contributed by atoms with Crippen LogP contribution in [0.5, 0.6) is 0 Å². The van der Waals surface area contributed by atoms with Gasteiger partial charge < -0.3 is 11.5 Å². The van der Waals surface area contributed by atoms with Gasteiger partial charge in [-0.05, 0) is 55.1 Å². The van der Waals surface area contributed by atoms with Gasteiger partial charge in [0, 0.05) is 11.6 Å². The maximum absolute atomic E-state index is 15.0. The van der Waals surface area contributed by atoms with E-state index in [2.05, 4.69) is 15.0 Å². The molecule has 0 aliphatic carbocycles. The van der Waals surface area contributed by atoms with Crippen LogP contribution in [0, 0.1) is 12.7 Å². The van der Waals surface area contributed by atoms with Crippen molar-refractivity contribution >= 4 is 22.6 Å². The molecule has 0 fully saturated rings. The number of aromatic amines is 1. The number of halogens is 3. The molecular formula is C19H17F3N5+. The maximum atomic E-state index is 15.0. The van der Waals surface area contributed by atoms with Crippen LogP contribution in [0.1, 0.15) is 17.0 Å². The van der Waals surface area contributed by atoms with Crippen molar-refractivity contribution < 1.29 is 18.2 Å². The summed E-state index contributed by atoms with van der Waals surface area (Å²) in [4.78, 5) is 10.7. The molecule has 3 rings (SSSR count). The van der Waals surface area contributed by atoms with Crippen molar-refractivity contribution in [2.24, 2.45) is 16.5 Å². The van der Waals surface area contributed by atoms with Crippen molar-refractivity contribution in [1.82, 2.24) is 4.98 Å². The second kappa shape index (κ2) is 7.06. The van der Waals surface area contributed by atoms with E-state index in [0.717, 1.165) is 29.8 Å². The van der Waals surface area contributed by atoms with E-state index < -0.39 is 23.1 Å². The van der Waals surface area contributed by atoms with E-state index in [0.29, 0.717) is 10.9 Å². The first-order valence-corrected chi connectivity index (χ1v) is 8.01. The van der Waals surface area contributed by atoms with Gasteiger partial charge in [-0.25, -0.2) is 9.37 Å². The Morgan fingerprint density at radius 1 is 1.19 bits per heavy atom. The highest BCUT2D eigenvalue weighted by atomic mass is 19.3. The van der Waals surface area contributed by atoms with Crippen LogP contribution in [0.4, 0.5) is 19.0 Å². The van der Waals surface area contributed by atoms with Gasteiger partial charge >= 0.3 is 11.7 Å². The lowest BCUT2D eigenvalue weighted by atomic mass is 10.1. The number of hydrogen-bond acceptors (Lipinski definition) is 3. The van der Waals surface area contributed by atoms with E-state index in [-0.39, 0.29) is 11.7 Å². The van der Waals surface area contributed by atoms with Gasteiger partial charge in [0.15, 0.2) is 5.52 Å². The van der Waals surface area contributed by atoms with Crippen LogP contribution in [0.25, 0.3) is 10.9 Å². The summed E-state index contributed by atoms with van der Waals surface area (Å²) in [6.07, 6.45) is 2.53. The lowest BCUT2D eigenvalue weighted by Gasteiger charge is -2.13. The maximum Gasteiger partial charge on any atom is 0.359 e. The molecule has 0 bridgehead atoms. The number of benzene rings is 2. The lowest BCUT2D eigenvalue weighted by molar-refractivity contribution is -0.399. The molecule has 3 aromatic rings. The Labute approximate surface area is 153 Å². The minimum atomic E-state index is -3.49. The molecule has 0 radical (unpaired) electrons. The fourth-order valence-corrected chi connectivity index (χ4v) is 2.56. The molecule has 0 amide bonds. The number of aromatic nitrogens is 2. The zero-order valence-corrected chi connectivity index (χ0v) is 14.4. The van der Waals surface area contributed by atoms with Crippen molar-refractivity contribution in [3.8, 4) is 0 Å². The molecule has 0 aliphatic rings. The standard InChI is InChI=1S/C19H16F3N5/c1-11-2-7-14-15(10-11)25-18(27-17(14)26-16(24)8-9-23)19(21,22)12-3-5-13(20)6-4-12/h2-10H,23H2,1H3,(H2,24,25,26,27)/p+1/b9-8-. The topological polar surface area (TPSA) is 91.4 Å². The van der Waals surface area contributed by atoms with Crippen molar-refractivity contribution in [2.45, 2.75) is 12.8 Å². The van der Waals surface area contributed by atoms with E-state index >= 15 is 0 Å². The fraction of sp³-hybridized carbons (Fsp3) is 0.105. The Hall–Kier alpha value is -3.42. The van der Waals surface area contributed by atoms with Gasteiger partial charge in [0.2, 0.25) is 5.84 Å². The summed E-state index contributed by atoms with van der Waals surface area (Å²) in [5, 5.41) is 0.521. The summed E-state index contributed by atoms with van der Waals surface area (Å²) in [6.45, 7) is 1.82. The Bertz CT molecular complexity index is 1040. The van der Waals surface area contributed by atoms with Gasteiger partial charge in [0.05, 0.1) is 5.39 Å². The Morgan fingerprint density at radius 3 is 2.56 bits per heavy atom. The minimum Gasteiger partial charge on any atom is -0.404 e. The molecule has 0 atom stereocenters. The van der Waals surface area contributed by atoms with Crippen LogP contribution < -0.4 is 16.5 Å². The zero-order chi connectivity index (χ0) is 19.6. The average molecular weight is 372 g/mol. The van der Waals surface area contributed by atoms with Gasteiger partial charge in [-0.2, -0.15) is 8.78 Å². The Kier molecular flexibility index (Phi) is 4.81. The normalized spacial score (nSPS) is 12.8. The average Bonchev–Trinajstić information content (AvgIpc) is 2.61. The van der Waals surface area contributed by atoms with Crippen LogP contribution in [0.2, 0.25) is 0 Å². The summed E-state index contributed by atoms with van der Waals surface area (Å²) in [6, 6.07) is 9.16. The van der Waals surface area contributed by atoms with E-state index in [1.54, 1.807) is 12.1 Å². The third-order valence-electron chi connectivity index (χ3n) is 3.89. The second-order valence-electron chi connectivity index (χ2n) is 5.93.